The lowest BCUT2D eigenvalue weighted by Crippen LogP contribution is -2.21. The maximum absolute atomic E-state index is 12.6. The number of carbonyl (C=O) groups excluding carboxylic acids is 1. The first-order valence-electron chi connectivity index (χ1n) is 9.21. The van der Waals surface area contributed by atoms with Crippen molar-refractivity contribution in [1.82, 2.24) is 4.98 Å². The minimum absolute atomic E-state index is 0.0475. The van der Waals surface area contributed by atoms with E-state index in [1.807, 2.05) is 30.3 Å². The number of benzene rings is 2. The van der Waals surface area contributed by atoms with Crippen LogP contribution in [-0.4, -0.2) is 33.7 Å². The molecule has 30 heavy (non-hydrogen) atoms. The molecule has 1 atom stereocenters. The van der Waals surface area contributed by atoms with Crippen LogP contribution in [0.15, 0.2) is 84.0 Å². The first-order chi connectivity index (χ1) is 14.6. The molecule has 6 heteroatoms. The van der Waals surface area contributed by atoms with E-state index in [1.54, 1.807) is 42.5 Å². The number of aliphatic carboxylic acids is 1. The molecule has 0 aliphatic rings. The molecule has 1 aromatic heterocycles. The first kappa shape index (κ1) is 20.5. The zero-order valence-corrected chi connectivity index (χ0v) is 16.0. The van der Waals surface area contributed by atoms with Crippen molar-refractivity contribution in [2.45, 2.75) is 12.5 Å². The van der Waals surface area contributed by atoms with Crippen molar-refractivity contribution in [3.8, 4) is 12.3 Å². The Balaban J connectivity index is 2.08. The molecule has 148 valence electrons. The predicted molar refractivity (Wildman–Crippen MR) is 116 cm³/mol. The summed E-state index contributed by atoms with van der Waals surface area (Å²) in [5.41, 5.74) is 2.47. The largest absolute Gasteiger partial charge is 0.480 e. The number of hydrogen-bond donors (Lipinski definition) is 2. The lowest BCUT2D eigenvalue weighted by atomic mass is 9.99. The van der Waals surface area contributed by atoms with Gasteiger partial charge in [-0.05, 0) is 18.2 Å². The zero-order chi connectivity index (χ0) is 21.3. The molecule has 3 rings (SSSR count). The number of terminal acetylenes is 1. The highest BCUT2D eigenvalue weighted by molar-refractivity contribution is 6.18. The summed E-state index contributed by atoms with van der Waals surface area (Å²) in [7, 11) is 0. The van der Waals surface area contributed by atoms with Crippen molar-refractivity contribution in [3.63, 3.8) is 0 Å². The summed E-state index contributed by atoms with van der Waals surface area (Å²) in [6.07, 6.45) is 6.82. The molecule has 0 fully saturated rings. The third kappa shape index (κ3) is 4.97. The van der Waals surface area contributed by atoms with Crippen LogP contribution in [0.5, 0.6) is 0 Å². The number of aliphatic imine (C=N–C) groups is 1. The number of carboxylic acids is 1. The summed E-state index contributed by atoms with van der Waals surface area (Å²) in [5, 5.41) is 12.4. The van der Waals surface area contributed by atoms with E-state index in [2.05, 4.69) is 21.2 Å². The SMILES string of the molecule is C#CCC(N=C(c1ccccc1)c1ccccc1NC(=O)c1ccccn1)C(=O)O. The topological polar surface area (TPSA) is 91.7 Å². The van der Waals surface area contributed by atoms with E-state index in [9.17, 15) is 14.7 Å². The van der Waals surface area contributed by atoms with Crippen LogP contribution in [0.3, 0.4) is 0 Å². The van der Waals surface area contributed by atoms with Crippen LogP contribution in [-0.2, 0) is 4.79 Å². The fourth-order valence-electron chi connectivity index (χ4n) is 2.83. The van der Waals surface area contributed by atoms with Gasteiger partial charge in [0.25, 0.3) is 5.91 Å². The number of carbonyl (C=O) groups is 2. The average Bonchev–Trinajstić information content (AvgIpc) is 2.78. The van der Waals surface area contributed by atoms with Gasteiger partial charge in [-0.15, -0.1) is 12.3 Å². The lowest BCUT2D eigenvalue weighted by Gasteiger charge is -2.15. The maximum Gasteiger partial charge on any atom is 0.329 e. The second kappa shape index (κ2) is 9.80. The second-order valence-electron chi connectivity index (χ2n) is 6.32. The van der Waals surface area contributed by atoms with E-state index in [1.165, 1.54) is 6.20 Å². The summed E-state index contributed by atoms with van der Waals surface area (Å²) in [4.78, 5) is 32.8. The normalized spacial score (nSPS) is 11.9. The Bertz CT molecular complexity index is 1100. The number of rotatable bonds is 7. The Morgan fingerprint density at radius 1 is 1.03 bits per heavy atom. The standard InChI is InChI=1S/C24H19N3O3/c1-2-10-21(24(29)30)26-22(17-11-4-3-5-12-17)18-13-6-7-14-19(18)27-23(28)20-15-8-9-16-25-20/h1,3-9,11-16,21H,10H2,(H,27,28)(H,29,30). The Morgan fingerprint density at radius 3 is 2.40 bits per heavy atom. The van der Waals surface area contributed by atoms with Gasteiger partial charge < -0.3 is 10.4 Å². The molecule has 2 N–H and O–H groups in total. The maximum atomic E-state index is 12.6. The third-order valence-electron chi connectivity index (χ3n) is 4.26. The monoisotopic (exact) mass is 397 g/mol. The Kier molecular flexibility index (Phi) is 6.70. The highest BCUT2D eigenvalue weighted by Crippen LogP contribution is 2.22. The van der Waals surface area contributed by atoms with Crippen LogP contribution in [0.4, 0.5) is 5.69 Å². The Hall–Kier alpha value is -4.24. The first-order valence-corrected chi connectivity index (χ1v) is 9.21. The van der Waals surface area contributed by atoms with E-state index < -0.39 is 12.0 Å². The van der Waals surface area contributed by atoms with Crippen molar-refractivity contribution in [2.24, 2.45) is 4.99 Å². The van der Waals surface area contributed by atoms with Crippen molar-refractivity contribution >= 4 is 23.3 Å². The van der Waals surface area contributed by atoms with Crippen LogP contribution in [0.1, 0.15) is 28.0 Å². The van der Waals surface area contributed by atoms with Gasteiger partial charge in [0.05, 0.1) is 11.4 Å². The summed E-state index contributed by atoms with van der Waals surface area (Å²) in [6, 6.07) is 20.2. The van der Waals surface area contributed by atoms with Gasteiger partial charge in [-0.3, -0.25) is 14.8 Å². The Morgan fingerprint density at radius 2 is 1.73 bits per heavy atom. The fraction of sp³-hybridized carbons (Fsp3) is 0.0833. The molecule has 0 spiro atoms. The molecule has 0 saturated heterocycles. The number of aromatic nitrogens is 1. The van der Waals surface area contributed by atoms with Gasteiger partial charge in [-0.25, -0.2) is 4.79 Å². The molecular weight excluding hydrogens is 378 g/mol. The molecule has 3 aromatic rings. The lowest BCUT2D eigenvalue weighted by molar-refractivity contribution is -0.138. The zero-order valence-electron chi connectivity index (χ0n) is 16.0. The molecular formula is C24H19N3O3. The van der Waals surface area contributed by atoms with E-state index in [0.29, 0.717) is 22.5 Å². The highest BCUT2D eigenvalue weighted by atomic mass is 16.4. The minimum Gasteiger partial charge on any atom is -0.480 e. The van der Waals surface area contributed by atoms with Crippen LogP contribution in [0.2, 0.25) is 0 Å². The molecule has 2 aromatic carbocycles. The quantitative estimate of drug-likeness (QED) is 0.470. The number of para-hydroxylation sites is 1. The molecule has 1 unspecified atom stereocenters. The number of pyridine rings is 1. The Labute approximate surface area is 174 Å². The van der Waals surface area contributed by atoms with Crippen molar-refractivity contribution in [2.75, 3.05) is 5.32 Å². The van der Waals surface area contributed by atoms with E-state index in [4.69, 9.17) is 6.42 Å². The van der Waals surface area contributed by atoms with Gasteiger partial charge in [0, 0.05) is 23.7 Å². The van der Waals surface area contributed by atoms with Gasteiger partial charge in [0.15, 0.2) is 6.04 Å². The number of anilines is 1. The molecule has 0 saturated carbocycles. The van der Waals surface area contributed by atoms with Crippen LogP contribution in [0.25, 0.3) is 0 Å². The number of nitrogens with zero attached hydrogens (tertiary/aromatic N) is 2. The highest BCUT2D eigenvalue weighted by Gasteiger charge is 2.20. The molecule has 0 bridgehead atoms. The van der Waals surface area contributed by atoms with Crippen molar-refractivity contribution in [1.29, 1.82) is 0 Å². The van der Waals surface area contributed by atoms with Gasteiger partial charge in [-0.2, -0.15) is 0 Å². The smallest absolute Gasteiger partial charge is 0.329 e. The summed E-state index contributed by atoms with van der Waals surface area (Å²) in [6.45, 7) is 0. The molecule has 1 amide bonds. The van der Waals surface area contributed by atoms with E-state index >= 15 is 0 Å². The number of carboxylic acid groups (broad SMARTS) is 1. The summed E-state index contributed by atoms with van der Waals surface area (Å²) in [5.74, 6) is 0.865. The number of nitrogens with one attached hydrogen (secondary N) is 1. The van der Waals surface area contributed by atoms with Crippen LogP contribution in [0, 0.1) is 12.3 Å². The second-order valence-corrected chi connectivity index (χ2v) is 6.32. The van der Waals surface area contributed by atoms with Crippen molar-refractivity contribution in [3.05, 3.63) is 95.8 Å². The van der Waals surface area contributed by atoms with Gasteiger partial charge in [-0.1, -0.05) is 54.6 Å². The summed E-state index contributed by atoms with van der Waals surface area (Å²) >= 11 is 0. The van der Waals surface area contributed by atoms with Crippen LogP contribution < -0.4 is 5.32 Å². The molecule has 0 aliphatic heterocycles. The van der Waals surface area contributed by atoms with Gasteiger partial charge in [0.2, 0.25) is 0 Å². The average molecular weight is 397 g/mol. The van der Waals surface area contributed by atoms with Crippen molar-refractivity contribution < 1.29 is 14.7 Å². The molecule has 0 radical (unpaired) electrons. The van der Waals surface area contributed by atoms with Gasteiger partial charge >= 0.3 is 5.97 Å². The van der Waals surface area contributed by atoms with Crippen LogP contribution >= 0.6 is 0 Å². The fourth-order valence-corrected chi connectivity index (χ4v) is 2.83. The molecule has 1 heterocycles. The molecule has 0 aliphatic carbocycles. The molecule has 6 nitrogen and oxygen atoms in total. The predicted octanol–water partition coefficient (Wildman–Crippen LogP) is 3.65. The van der Waals surface area contributed by atoms with E-state index in [-0.39, 0.29) is 18.0 Å². The number of amides is 1. The third-order valence-corrected chi connectivity index (χ3v) is 4.26. The van der Waals surface area contributed by atoms with E-state index in [0.717, 1.165) is 0 Å². The summed E-state index contributed by atoms with van der Waals surface area (Å²) < 4.78 is 0. The number of hydrogen-bond acceptors (Lipinski definition) is 4. The minimum atomic E-state index is -1.11. The van der Waals surface area contributed by atoms with Gasteiger partial charge in [0.1, 0.15) is 5.69 Å².